The Labute approximate surface area is 198 Å². The summed E-state index contributed by atoms with van der Waals surface area (Å²) in [6.45, 7) is 1.93. The fourth-order valence-electron chi connectivity index (χ4n) is 3.32. The molecule has 0 fully saturated rings. The minimum Gasteiger partial charge on any atom is -0.493 e. The summed E-state index contributed by atoms with van der Waals surface area (Å²) >= 11 is 2.96. The Morgan fingerprint density at radius 1 is 1.21 bits per heavy atom. The van der Waals surface area contributed by atoms with E-state index in [9.17, 15) is 22.7 Å². The third kappa shape index (κ3) is 5.16. The Balaban J connectivity index is 2.31. The molecule has 11 heteroatoms. The second-order valence-corrected chi connectivity index (χ2v) is 9.70. The molecule has 2 aromatic carbocycles. The van der Waals surface area contributed by atoms with Gasteiger partial charge in [-0.2, -0.15) is 4.98 Å². The molecular formula is C22H22BrFN2O6S. The second kappa shape index (κ2) is 10.6. The zero-order valence-corrected chi connectivity index (χ0v) is 20.3. The van der Waals surface area contributed by atoms with Crippen LogP contribution in [0.2, 0.25) is 0 Å². The van der Waals surface area contributed by atoms with Crippen molar-refractivity contribution >= 4 is 25.8 Å². The highest BCUT2D eigenvalue weighted by molar-refractivity contribution is 9.10. The smallest absolute Gasteiger partial charge is 0.296 e. The molecule has 1 heterocycles. The van der Waals surface area contributed by atoms with Gasteiger partial charge in [-0.05, 0) is 46.6 Å². The van der Waals surface area contributed by atoms with Crippen LogP contribution in [0.25, 0.3) is 0 Å². The maximum Gasteiger partial charge on any atom is 0.296 e. The van der Waals surface area contributed by atoms with Gasteiger partial charge in [-0.3, -0.25) is 9.36 Å². The molecule has 0 aliphatic heterocycles. The van der Waals surface area contributed by atoms with Crippen molar-refractivity contribution in [2.24, 2.45) is 0 Å². The SMILES string of the molecule is CCOCc1nc(=O)c(S(=O)(=O)c2ccc(Br)c(F)c2)c(O)n1[C@@H](COC)c1ccccc1. The maximum atomic E-state index is 14.1. The Kier molecular flexibility index (Phi) is 8.01. The molecule has 0 spiro atoms. The third-order valence-corrected chi connectivity index (χ3v) is 7.27. The van der Waals surface area contributed by atoms with Crippen molar-refractivity contribution in [2.75, 3.05) is 20.3 Å². The van der Waals surface area contributed by atoms with Crippen molar-refractivity contribution in [2.45, 2.75) is 29.4 Å². The van der Waals surface area contributed by atoms with E-state index >= 15 is 0 Å². The van der Waals surface area contributed by atoms with E-state index in [0.717, 1.165) is 12.1 Å². The average Bonchev–Trinajstić information content (AvgIpc) is 2.78. The highest BCUT2D eigenvalue weighted by Crippen LogP contribution is 2.32. The van der Waals surface area contributed by atoms with Gasteiger partial charge in [0.05, 0.1) is 22.0 Å². The minimum absolute atomic E-state index is 0.0196. The average molecular weight is 541 g/mol. The van der Waals surface area contributed by atoms with E-state index in [2.05, 4.69) is 20.9 Å². The quantitative estimate of drug-likeness (QED) is 0.442. The van der Waals surface area contributed by atoms with Crippen LogP contribution in [0.3, 0.4) is 0 Å². The minimum atomic E-state index is -4.62. The lowest BCUT2D eigenvalue weighted by Gasteiger charge is -2.25. The van der Waals surface area contributed by atoms with Crippen molar-refractivity contribution in [1.82, 2.24) is 9.55 Å². The fourth-order valence-corrected chi connectivity index (χ4v) is 4.92. The lowest BCUT2D eigenvalue weighted by atomic mass is 10.1. The Morgan fingerprint density at radius 3 is 2.52 bits per heavy atom. The van der Waals surface area contributed by atoms with Crippen LogP contribution < -0.4 is 5.56 Å². The van der Waals surface area contributed by atoms with Crippen molar-refractivity contribution < 1.29 is 27.4 Å². The summed E-state index contributed by atoms with van der Waals surface area (Å²) in [6.07, 6.45) is 0. The highest BCUT2D eigenvalue weighted by atomic mass is 79.9. The molecule has 0 unspecified atom stereocenters. The first-order valence-electron chi connectivity index (χ1n) is 9.88. The number of ether oxygens (including phenoxy) is 2. The van der Waals surface area contributed by atoms with Crippen LogP contribution in [-0.4, -0.2) is 43.4 Å². The first-order chi connectivity index (χ1) is 15.7. The number of sulfone groups is 1. The van der Waals surface area contributed by atoms with Crippen LogP contribution in [0.1, 0.15) is 24.4 Å². The van der Waals surface area contributed by atoms with E-state index in [4.69, 9.17) is 9.47 Å². The predicted molar refractivity (Wildman–Crippen MR) is 122 cm³/mol. The number of aromatic hydroxyl groups is 1. The van der Waals surface area contributed by atoms with E-state index in [-0.39, 0.29) is 23.5 Å². The Bertz CT molecular complexity index is 1300. The molecule has 176 valence electrons. The molecule has 0 bridgehead atoms. The molecule has 0 saturated heterocycles. The zero-order chi connectivity index (χ0) is 24.2. The van der Waals surface area contributed by atoms with Gasteiger partial charge in [-0.15, -0.1) is 0 Å². The first kappa shape index (κ1) is 25.0. The van der Waals surface area contributed by atoms with Crippen LogP contribution in [0.4, 0.5) is 4.39 Å². The fraction of sp³-hybridized carbons (Fsp3) is 0.273. The molecule has 0 amide bonds. The standard InChI is InChI=1S/C22H22BrFN2O6S/c1-3-32-13-19-25-21(27)20(33(29,30)15-9-10-16(23)17(24)11-15)22(28)26(19)18(12-31-2)14-7-5-4-6-8-14/h4-11,18,28H,3,12-13H2,1-2H3/t18-/m0/s1. The first-order valence-corrected chi connectivity index (χ1v) is 12.2. The summed E-state index contributed by atoms with van der Waals surface area (Å²) in [6, 6.07) is 11.3. The predicted octanol–water partition coefficient (Wildman–Crippen LogP) is 3.46. The van der Waals surface area contributed by atoms with E-state index in [1.807, 2.05) is 0 Å². The van der Waals surface area contributed by atoms with E-state index in [1.165, 1.54) is 17.7 Å². The summed E-state index contributed by atoms with van der Waals surface area (Å²) in [4.78, 5) is 15.3. The van der Waals surface area contributed by atoms with Crippen LogP contribution in [0.5, 0.6) is 5.88 Å². The maximum absolute atomic E-state index is 14.1. The van der Waals surface area contributed by atoms with Gasteiger partial charge in [0.2, 0.25) is 15.7 Å². The molecule has 33 heavy (non-hydrogen) atoms. The van der Waals surface area contributed by atoms with Gasteiger partial charge in [-0.1, -0.05) is 30.3 Å². The number of hydrogen-bond donors (Lipinski definition) is 1. The largest absolute Gasteiger partial charge is 0.493 e. The second-order valence-electron chi connectivity index (χ2n) is 6.95. The van der Waals surface area contributed by atoms with Crippen LogP contribution in [-0.2, 0) is 25.9 Å². The Hall–Kier alpha value is -2.60. The number of benzene rings is 2. The molecule has 0 aliphatic rings. The lowest BCUT2D eigenvalue weighted by Crippen LogP contribution is -2.29. The third-order valence-electron chi connectivity index (χ3n) is 4.86. The monoisotopic (exact) mass is 540 g/mol. The van der Waals surface area contributed by atoms with Crippen LogP contribution >= 0.6 is 15.9 Å². The molecule has 3 rings (SSSR count). The highest BCUT2D eigenvalue weighted by Gasteiger charge is 2.32. The molecule has 3 aromatic rings. The zero-order valence-electron chi connectivity index (χ0n) is 17.9. The molecule has 0 aliphatic carbocycles. The van der Waals surface area contributed by atoms with Gasteiger partial charge >= 0.3 is 0 Å². The van der Waals surface area contributed by atoms with Gasteiger partial charge in [0.25, 0.3) is 5.56 Å². The molecule has 1 N–H and O–H groups in total. The van der Waals surface area contributed by atoms with Gasteiger partial charge in [0.1, 0.15) is 18.2 Å². The number of hydrogen-bond acceptors (Lipinski definition) is 7. The molecule has 0 saturated carbocycles. The lowest BCUT2D eigenvalue weighted by molar-refractivity contribution is 0.114. The van der Waals surface area contributed by atoms with Crippen molar-refractivity contribution in [3.63, 3.8) is 0 Å². The van der Waals surface area contributed by atoms with Crippen molar-refractivity contribution in [3.8, 4) is 5.88 Å². The Morgan fingerprint density at radius 2 is 1.91 bits per heavy atom. The molecule has 1 atom stereocenters. The van der Waals surface area contributed by atoms with E-state index in [0.29, 0.717) is 12.2 Å². The normalized spacial score (nSPS) is 12.6. The number of aromatic nitrogens is 2. The van der Waals surface area contributed by atoms with Crippen molar-refractivity contribution in [3.05, 3.63) is 80.6 Å². The summed E-state index contributed by atoms with van der Waals surface area (Å²) in [5, 5.41) is 11.2. The van der Waals surface area contributed by atoms with Gasteiger partial charge in [0.15, 0.2) is 4.90 Å². The molecular weight excluding hydrogens is 519 g/mol. The van der Waals surface area contributed by atoms with Gasteiger partial charge < -0.3 is 14.6 Å². The molecule has 1 aromatic heterocycles. The van der Waals surface area contributed by atoms with E-state index in [1.54, 1.807) is 37.3 Å². The van der Waals surface area contributed by atoms with Crippen LogP contribution in [0, 0.1) is 5.82 Å². The number of methoxy groups -OCH3 is 1. The van der Waals surface area contributed by atoms with Gasteiger partial charge in [0, 0.05) is 13.7 Å². The summed E-state index contributed by atoms with van der Waals surface area (Å²) < 4.78 is 52.6. The summed E-state index contributed by atoms with van der Waals surface area (Å²) in [7, 11) is -3.17. The van der Waals surface area contributed by atoms with E-state index < -0.39 is 42.9 Å². The number of halogens is 2. The van der Waals surface area contributed by atoms with Crippen LogP contribution in [0.15, 0.2) is 67.6 Å². The van der Waals surface area contributed by atoms with Crippen molar-refractivity contribution in [1.29, 1.82) is 0 Å². The molecule has 8 nitrogen and oxygen atoms in total. The summed E-state index contributed by atoms with van der Waals surface area (Å²) in [5.41, 5.74) is -0.498. The van der Waals surface area contributed by atoms with Gasteiger partial charge in [-0.25, -0.2) is 12.8 Å². The number of nitrogens with zero attached hydrogens (tertiary/aromatic N) is 2. The topological polar surface area (TPSA) is 108 Å². The number of rotatable bonds is 9. The molecule has 0 radical (unpaired) electrons. The summed E-state index contributed by atoms with van der Waals surface area (Å²) in [5.74, 6) is -1.65.